The van der Waals surface area contributed by atoms with E-state index in [4.69, 9.17) is 22.2 Å². The topological polar surface area (TPSA) is 82.3 Å². The fourth-order valence-corrected chi connectivity index (χ4v) is 4.30. The predicted octanol–water partition coefficient (Wildman–Crippen LogP) is 4.45. The van der Waals surface area contributed by atoms with Gasteiger partial charge in [-0.15, -0.1) is 0 Å². The molecule has 2 aromatic carbocycles. The van der Waals surface area contributed by atoms with Crippen molar-refractivity contribution in [2.24, 2.45) is 0 Å². The fraction of sp³-hybridized carbons (Fsp3) is 0.227. The molecule has 0 saturated carbocycles. The Morgan fingerprint density at radius 2 is 1.82 bits per heavy atom. The molecule has 1 saturated heterocycles. The molecule has 4 rings (SSSR count). The van der Waals surface area contributed by atoms with Gasteiger partial charge in [0, 0.05) is 5.69 Å². The highest BCUT2D eigenvalue weighted by molar-refractivity contribution is 7.81. The molecule has 0 N–H and O–H groups in total. The first kappa shape index (κ1) is 22.4. The second kappa shape index (κ2) is 7.67. The van der Waals surface area contributed by atoms with Crippen LogP contribution in [0.25, 0.3) is 10.9 Å². The van der Waals surface area contributed by atoms with Crippen LogP contribution < -0.4 is 14.5 Å². The first-order chi connectivity index (χ1) is 15.5. The van der Waals surface area contributed by atoms with Crippen LogP contribution in [0.15, 0.2) is 42.7 Å². The summed E-state index contributed by atoms with van der Waals surface area (Å²) < 4.78 is 45.8. The highest BCUT2D eigenvalue weighted by atomic mass is 32.1. The zero-order valence-corrected chi connectivity index (χ0v) is 18.5. The van der Waals surface area contributed by atoms with Crippen LogP contribution in [0.3, 0.4) is 0 Å². The van der Waals surface area contributed by atoms with Crippen molar-refractivity contribution < 1.29 is 22.7 Å². The van der Waals surface area contributed by atoms with Crippen LogP contribution in [0.4, 0.5) is 24.5 Å². The minimum absolute atomic E-state index is 0.00185. The summed E-state index contributed by atoms with van der Waals surface area (Å²) in [4.78, 5) is 24.2. The summed E-state index contributed by atoms with van der Waals surface area (Å²) in [6.45, 7) is 3.25. The molecule has 0 spiro atoms. The van der Waals surface area contributed by atoms with Crippen LogP contribution >= 0.6 is 12.2 Å². The van der Waals surface area contributed by atoms with Crippen molar-refractivity contribution in [1.82, 2.24) is 9.97 Å². The van der Waals surface area contributed by atoms with E-state index < -0.39 is 28.7 Å². The number of thiocarbonyl (C=S) groups is 1. The van der Waals surface area contributed by atoms with E-state index in [1.807, 2.05) is 0 Å². The predicted molar refractivity (Wildman–Crippen MR) is 119 cm³/mol. The summed E-state index contributed by atoms with van der Waals surface area (Å²) in [6, 6.07) is 9.72. The van der Waals surface area contributed by atoms with Gasteiger partial charge in [-0.3, -0.25) is 9.69 Å². The Balaban J connectivity index is 1.84. The quantitative estimate of drug-likeness (QED) is 0.522. The Morgan fingerprint density at radius 1 is 1.12 bits per heavy atom. The highest BCUT2D eigenvalue weighted by Crippen LogP contribution is 2.40. The summed E-state index contributed by atoms with van der Waals surface area (Å²) in [7, 11) is 1.47. The Bertz CT molecular complexity index is 1350. The summed E-state index contributed by atoms with van der Waals surface area (Å²) in [6.07, 6.45) is -3.41. The third kappa shape index (κ3) is 3.52. The molecule has 0 unspecified atom stereocenters. The zero-order chi connectivity index (χ0) is 24.1. The Kier molecular flexibility index (Phi) is 5.21. The average Bonchev–Trinajstić information content (AvgIpc) is 2.95. The number of carbonyl (C=O) groups excluding carboxylic acids is 1. The normalized spacial score (nSPS) is 15.8. The zero-order valence-electron chi connectivity index (χ0n) is 17.6. The maximum atomic E-state index is 13.5. The number of hydrogen-bond donors (Lipinski definition) is 0. The van der Waals surface area contributed by atoms with Crippen LogP contribution in [-0.2, 0) is 11.0 Å². The molecule has 1 aliphatic heterocycles. The number of anilines is 2. The van der Waals surface area contributed by atoms with Gasteiger partial charge < -0.3 is 9.64 Å². The first-order valence-electron chi connectivity index (χ1n) is 9.59. The summed E-state index contributed by atoms with van der Waals surface area (Å²) in [5.41, 5.74) is -1.83. The van der Waals surface area contributed by atoms with Gasteiger partial charge in [-0.25, -0.2) is 9.97 Å². The van der Waals surface area contributed by atoms with Crippen LogP contribution in [0, 0.1) is 11.3 Å². The molecule has 0 aliphatic carbocycles. The van der Waals surface area contributed by atoms with Gasteiger partial charge in [0.1, 0.15) is 11.9 Å². The van der Waals surface area contributed by atoms with Gasteiger partial charge in [-0.05, 0) is 62.5 Å². The highest BCUT2D eigenvalue weighted by Gasteiger charge is 2.50. The summed E-state index contributed by atoms with van der Waals surface area (Å²) in [5, 5.41) is 9.64. The molecule has 11 heteroatoms. The number of carbonyl (C=O) groups is 1. The molecule has 1 aromatic heterocycles. The minimum atomic E-state index is -4.77. The number of nitriles is 1. The standard InChI is InChI=1S/C22H16F3N5O2S/c1-21(2)19(31)29(13-5-4-12(10-26)16(9-13)22(23,24)25)20(33)30(21)14-6-7-17-15(8-14)18(32-3)28-11-27-17/h4-9,11H,1-3H3. The van der Waals surface area contributed by atoms with Gasteiger partial charge in [0.25, 0.3) is 5.91 Å². The number of halogens is 3. The molecular formula is C22H16F3N5O2S. The van der Waals surface area contributed by atoms with Crippen LogP contribution in [0.1, 0.15) is 25.0 Å². The Morgan fingerprint density at radius 3 is 2.45 bits per heavy atom. The molecule has 33 heavy (non-hydrogen) atoms. The molecule has 2 heterocycles. The minimum Gasteiger partial charge on any atom is -0.480 e. The molecule has 7 nitrogen and oxygen atoms in total. The molecule has 3 aromatic rings. The van der Waals surface area contributed by atoms with Crippen molar-refractivity contribution in [2.75, 3.05) is 16.9 Å². The van der Waals surface area contributed by atoms with E-state index in [2.05, 4.69) is 9.97 Å². The molecule has 168 valence electrons. The van der Waals surface area contributed by atoms with Gasteiger partial charge >= 0.3 is 6.18 Å². The first-order valence-corrected chi connectivity index (χ1v) is 10.0. The molecule has 0 radical (unpaired) electrons. The fourth-order valence-electron chi connectivity index (χ4n) is 3.78. The third-order valence-electron chi connectivity index (χ3n) is 5.39. The van der Waals surface area contributed by atoms with Gasteiger partial charge in [-0.1, -0.05) is 0 Å². The smallest absolute Gasteiger partial charge is 0.417 e. The second-order valence-corrected chi connectivity index (χ2v) is 8.11. The average molecular weight is 471 g/mol. The van der Waals surface area contributed by atoms with E-state index >= 15 is 0 Å². The molecule has 1 fully saturated rings. The number of amides is 1. The number of methoxy groups -OCH3 is 1. The molecule has 1 amide bonds. The number of hydrogen-bond acceptors (Lipinski definition) is 6. The van der Waals surface area contributed by atoms with Crippen molar-refractivity contribution in [3.05, 3.63) is 53.9 Å². The van der Waals surface area contributed by atoms with E-state index in [1.165, 1.54) is 25.6 Å². The van der Waals surface area contributed by atoms with E-state index in [0.29, 0.717) is 22.5 Å². The Labute approximate surface area is 192 Å². The maximum absolute atomic E-state index is 13.5. The van der Waals surface area contributed by atoms with E-state index in [-0.39, 0.29) is 10.8 Å². The van der Waals surface area contributed by atoms with Crippen LogP contribution in [-0.4, -0.2) is 33.6 Å². The van der Waals surface area contributed by atoms with Gasteiger partial charge in [0.2, 0.25) is 5.88 Å². The Hall–Kier alpha value is -3.78. The number of rotatable bonds is 3. The maximum Gasteiger partial charge on any atom is 0.417 e. The van der Waals surface area contributed by atoms with E-state index in [1.54, 1.807) is 36.9 Å². The van der Waals surface area contributed by atoms with Crippen molar-refractivity contribution in [3.8, 4) is 11.9 Å². The number of alkyl halides is 3. The van der Waals surface area contributed by atoms with Crippen LogP contribution in [0.2, 0.25) is 0 Å². The number of aromatic nitrogens is 2. The summed E-state index contributed by atoms with van der Waals surface area (Å²) >= 11 is 5.56. The van der Waals surface area contributed by atoms with Crippen molar-refractivity contribution in [3.63, 3.8) is 0 Å². The number of fused-ring (bicyclic) bond motifs is 1. The van der Waals surface area contributed by atoms with Crippen molar-refractivity contribution in [2.45, 2.75) is 25.6 Å². The summed E-state index contributed by atoms with van der Waals surface area (Å²) in [5.74, 6) is -0.184. The van der Waals surface area contributed by atoms with Gasteiger partial charge in [-0.2, -0.15) is 18.4 Å². The monoisotopic (exact) mass is 471 g/mol. The molecule has 0 bridgehead atoms. The van der Waals surface area contributed by atoms with Crippen LogP contribution in [0.5, 0.6) is 5.88 Å². The lowest BCUT2D eigenvalue weighted by Gasteiger charge is -2.29. The number of benzene rings is 2. The van der Waals surface area contributed by atoms with Crippen molar-refractivity contribution >= 4 is 45.5 Å². The second-order valence-electron chi connectivity index (χ2n) is 7.74. The SMILES string of the molecule is COc1ncnc2ccc(N3C(=S)N(c4ccc(C#N)c(C(F)(F)F)c4)C(=O)C3(C)C)cc12. The number of nitrogens with zero attached hydrogens (tertiary/aromatic N) is 5. The number of ether oxygens (including phenoxy) is 1. The lowest BCUT2D eigenvalue weighted by Crippen LogP contribution is -2.44. The lowest BCUT2D eigenvalue weighted by atomic mass is 10.0. The van der Waals surface area contributed by atoms with Gasteiger partial charge in [0.05, 0.1) is 40.9 Å². The molecule has 1 aliphatic rings. The van der Waals surface area contributed by atoms with Crippen molar-refractivity contribution in [1.29, 1.82) is 5.26 Å². The third-order valence-corrected chi connectivity index (χ3v) is 5.75. The van der Waals surface area contributed by atoms with Gasteiger partial charge in [0.15, 0.2) is 5.11 Å². The van der Waals surface area contributed by atoms with E-state index in [9.17, 15) is 18.0 Å². The largest absolute Gasteiger partial charge is 0.480 e. The van der Waals surface area contributed by atoms with E-state index in [0.717, 1.165) is 17.0 Å². The lowest BCUT2D eigenvalue weighted by molar-refractivity contribution is -0.137. The molecular weight excluding hydrogens is 455 g/mol. The molecule has 0 atom stereocenters.